The average Bonchev–Trinajstić information content (AvgIpc) is 3.20. The van der Waals surface area contributed by atoms with Gasteiger partial charge in [-0.3, -0.25) is 9.59 Å². The monoisotopic (exact) mass is 734 g/mol. The third kappa shape index (κ3) is 9.74. The molecule has 4 aromatic carbocycles. The van der Waals surface area contributed by atoms with Gasteiger partial charge in [0.2, 0.25) is 33.9 Å². The first kappa shape index (κ1) is 38.3. The second-order valence-corrected chi connectivity index (χ2v) is 12.8. The van der Waals surface area contributed by atoms with Gasteiger partial charge in [-0.05, 0) is 51.0 Å². The molecule has 2 N–H and O–H groups in total. The lowest BCUT2D eigenvalue weighted by Gasteiger charge is -2.10. The van der Waals surface area contributed by atoms with Crippen LogP contribution in [-0.2, 0) is 32.2 Å². The summed E-state index contributed by atoms with van der Waals surface area (Å²) in [5.74, 6) is 1.34. The Kier molecular flexibility index (Phi) is 13.9. The molecular weight excluding hydrogens is 684 g/mol. The van der Waals surface area contributed by atoms with E-state index >= 15 is 0 Å². The van der Waals surface area contributed by atoms with Crippen LogP contribution in [0.2, 0.25) is 0 Å². The fraction of sp³-hybridized carbons (Fsp3) is 0.381. The Balaban J connectivity index is 0.777. The maximum Gasteiger partial charge on any atom is 0.235 e. The molecule has 12 nitrogen and oxygen atoms in total. The number of fused-ring (bicyclic) bond motifs is 4. The van der Waals surface area contributed by atoms with Gasteiger partial charge >= 0.3 is 0 Å². The molecule has 0 aliphatic carbocycles. The first-order valence-electron chi connectivity index (χ1n) is 18.9. The van der Waals surface area contributed by atoms with E-state index in [1.807, 2.05) is 60.7 Å². The molecule has 2 amide bonds. The first-order chi connectivity index (χ1) is 26.6. The van der Waals surface area contributed by atoms with Crippen LogP contribution in [0.5, 0.6) is 11.5 Å². The number of carbonyl (C=O) groups is 2. The van der Waals surface area contributed by atoms with Crippen LogP contribution in [0.4, 0.5) is 0 Å². The summed E-state index contributed by atoms with van der Waals surface area (Å²) in [6, 6.07) is 28.1. The van der Waals surface area contributed by atoms with Gasteiger partial charge in [-0.2, -0.15) is 9.13 Å². The standard InChI is InChI=1S/C42H48N6O6/c1-3-47-33-15-7-5-13-31(33)45-41-35(47)17-9-19-37(41)53-25-11-21-39(49)43-23-27-51-29-30-52-28-24-44-40(50)22-12-26-54-38-20-10-18-36-42(38)46-32-14-6-8-16-34(32)48(36)4-2/h5-10,13-20H,3-4,11-12,21-30H2,1-2H3/p+2. The van der Waals surface area contributed by atoms with Crippen LogP contribution >= 0.6 is 0 Å². The number of nitrogens with zero attached hydrogens (tertiary/aromatic N) is 4. The largest absolute Gasteiger partial charge is 0.491 e. The molecule has 0 radical (unpaired) electrons. The molecular formula is C42H50N6O6+2. The van der Waals surface area contributed by atoms with Crippen LogP contribution in [0.1, 0.15) is 39.5 Å². The van der Waals surface area contributed by atoms with E-state index in [1.165, 1.54) is 0 Å². The van der Waals surface area contributed by atoms with Gasteiger partial charge in [0.15, 0.2) is 22.5 Å². The molecule has 282 valence electrons. The Morgan fingerprint density at radius 2 is 0.963 bits per heavy atom. The Labute approximate surface area is 315 Å². The van der Waals surface area contributed by atoms with E-state index in [0.717, 1.165) is 68.7 Å². The fourth-order valence-electron chi connectivity index (χ4n) is 6.52. The quantitative estimate of drug-likeness (QED) is 0.0602. The summed E-state index contributed by atoms with van der Waals surface area (Å²) >= 11 is 0. The number of para-hydroxylation sites is 6. The van der Waals surface area contributed by atoms with E-state index in [4.69, 9.17) is 28.9 Å². The highest BCUT2D eigenvalue weighted by atomic mass is 16.5. The number of nitrogens with one attached hydrogen (secondary N) is 2. The van der Waals surface area contributed by atoms with Gasteiger partial charge < -0.3 is 29.6 Å². The molecule has 6 aromatic rings. The summed E-state index contributed by atoms with van der Waals surface area (Å²) < 4.78 is 27.7. The molecule has 0 saturated carbocycles. The molecule has 54 heavy (non-hydrogen) atoms. The van der Waals surface area contributed by atoms with E-state index in [0.29, 0.717) is 78.4 Å². The Hall–Kier alpha value is -5.46. The molecule has 0 aliphatic heterocycles. The normalized spacial score (nSPS) is 11.4. The molecule has 2 heterocycles. The number of amides is 2. The second-order valence-electron chi connectivity index (χ2n) is 12.8. The van der Waals surface area contributed by atoms with Crippen molar-refractivity contribution in [3.63, 3.8) is 0 Å². The van der Waals surface area contributed by atoms with Crippen molar-refractivity contribution in [2.45, 2.75) is 52.6 Å². The number of hydrogen-bond donors (Lipinski definition) is 2. The van der Waals surface area contributed by atoms with Crippen molar-refractivity contribution in [3.8, 4) is 11.5 Å². The van der Waals surface area contributed by atoms with Crippen molar-refractivity contribution in [1.29, 1.82) is 0 Å². The van der Waals surface area contributed by atoms with Crippen LogP contribution in [0.3, 0.4) is 0 Å². The lowest BCUT2D eigenvalue weighted by Crippen LogP contribution is -2.34. The number of rotatable bonds is 21. The summed E-state index contributed by atoms with van der Waals surface area (Å²) in [5, 5.41) is 5.76. The van der Waals surface area contributed by atoms with Gasteiger partial charge in [-0.1, -0.05) is 36.4 Å². The molecule has 0 atom stereocenters. The lowest BCUT2D eigenvalue weighted by molar-refractivity contribution is -0.642. The van der Waals surface area contributed by atoms with Crippen molar-refractivity contribution >= 4 is 55.9 Å². The van der Waals surface area contributed by atoms with Crippen molar-refractivity contribution in [1.82, 2.24) is 20.6 Å². The van der Waals surface area contributed by atoms with E-state index in [1.54, 1.807) is 0 Å². The molecule has 0 unspecified atom stereocenters. The Morgan fingerprint density at radius 1 is 0.537 bits per heavy atom. The zero-order chi connectivity index (χ0) is 37.5. The highest BCUT2D eigenvalue weighted by Crippen LogP contribution is 2.25. The van der Waals surface area contributed by atoms with Gasteiger partial charge in [0.05, 0.1) is 39.6 Å². The topological polar surface area (TPSA) is 129 Å². The Bertz CT molecular complexity index is 2040. The van der Waals surface area contributed by atoms with Crippen molar-refractivity contribution in [2.75, 3.05) is 52.7 Å². The predicted molar refractivity (Wildman–Crippen MR) is 207 cm³/mol. The van der Waals surface area contributed by atoms with E-state index in [-0.39, 0.29) is 11.8 Å². The number of ether oxygens (including phenoxy) is 4. The zero-order valence-corrected chi connectivity index (χ0v) is 31.2. The molecule has 2 aromatic heterocycles. The molecule has 0 saturated heterocycles. The molecule has 0 aliphatic rings. The van der Waals surface area contributed by atoms with Crippen LogP contribution in [0, 0.1) is 0 Å². The minimum Gasteiger partial charge on any atom is -0.491 e. The van der Waals surface area contributed by atoms with Gasteiger partial charge in [0, 0.05) is 50.2 Å². The lowest BCUT2D eigenvalue weighted by atomic mass is 10.2. The molecule has 12 heteroatoms. The van der Waals surface area contributed by atoms with Gasteiger partial charge in [0.25, 0.3) is 0 Å². The highest BCUT2D eigenvalue weighted by Gasteiger charge is 2.19. The van der Waals surface area contributed by atoms with E-state index in [9.17, 15) is 9.59 Å². The maximum atomic E-state index is 12.3. The number of benzene rings is 4. The number of aryl methyl sites for hydroxylation is 2. The van der Waals surface area contributed by atoms with Crippen LogP contribution in [0.15, 0.2) is 84.9 Å². The summed E-state index contributed by atoms with van der Waals surface area (Å²) in [4.78, 5) is 34.3. The van der Waals surface area contributed by atoms with Crippen LogP contribution in [-0.4, -0.2) is 74.5 Å². The minimum atomic E-state index is -0.0458. The summed E-state index contributed by atoms with van der Waals surface area (Å²) in [7, 11) is 0. The number of carbonyl (C=O) groups excluding carboxylic acids is 2. The minimum absolute atomic E-state index is 0.0458. The molecule has 0 fully saturated rings. The summed E-state index contributed by atoms with van der Waals surface area (Å²) in [6.07, 6.45) is 1.89. The van der Waals surface area contributed by atoms with Gasteiger partial charge in [0.1, 0.15) is 24.1 Å². The molecule has 0 spiro atoms. The summed E-state index contributed by atoms with van der Waals surface area (Å²) in [6.45, 7) is 9.13. The second kappa shape index (κ2) is 19.6. The van der Waals surface area contributed by atoms with Crippen molar-refractivity contribution < 1.29 is 37.7 Å². The third-order valence-electron chi connectivity index (χ3n) is 9.10. The zero-order valence-electron chi connectivity index (χ0n) is 31.2. The van der Waals surface area contributed by atoms with E-state index < -0.39 is 0 Å². The third-order valence-corrected chi connectivity index (χ3v) is 9.10. The molecule has 6 rings (SSSR count). The van der Waals surface area contributed by atoms with Crippen molar-refractivity contribution in [2.24, 2.45) is 0 Å². The predicted octanol–water partition coefficient (Wildman–Crippen LogP) is 4.99. The van der Waals surface area contributed by atoms with Crippen LogP contribution in [0.25, 0.3) is 44.1 Å². The van der Waals surface area contributed by atoms with E-state index in [2.05, 4.69) is 57.9 Å². The SMILES string of the molecule is CC[n+]1c2ccccc2nc2c(OCCCC(=O)NCCOCCOCCNC(=O)CCCOc3cccc4c3nc3ccccc3[n+]4CC)cccc21. The number of aromatic nitrogens is 4. The Morgan fingerprint density at radius 3 is 1.41 bits per heavy atom. The van der Waals surface area contributed by atoms with Gasteiger partial charge in [-0.15, -0.1) is 0 Å². The van der Waals surface area contributed by atoms with Crippen molar-refractivity contribution in [3.05, 3.63) is 84.9 Å². The maximum absolute atomic E-state index is 12.3. The number of hydrogen-bond acceptors (Lipinski definition) is 8. The molecule has 0 bridgehead atoms. The highest BCUT2D eigenvalue weighted by molar-refractivity contribution is 5.86. The smallest absolute Gasteiger partial charge is 0.235 e. The van der Waals surface area contributed by atoms with Crippen LogP contribution < -0.4 is 29.2 Å². The average molecular weight is 735 g/mol. The fourth-order valence-corrected chi connectivity index (χ4v) is 6.52. The van der Waals surface area contributed by atoms with Gasteiger partial charge in [-0.25, -0.2) is 9.97 Å². The first-order valence-corrected chi connectivity index (χ1v) is 18.9. The summed E-state index contributed by atoms with van der Waals surface area (Å²) in [5.41, 5.74) is 7.69.